The largest absolute Gasteiger partial charge is 0.481 e. The first-order chi connectivity index (χ1) is 16.8. The predicted octanol–water partition coefficient (Wildman–Crippen LogP) is 3.27. The van der Waals surface area contributed by atoms with Crippen molar-refractivity contribution in [3.63, 3.8) is 0 Å². The van der Waals surface area contributed by atoms with E-state index in [0.717, 1.165) is 11.1 Å². The fraction of sp³-hybridized carbons (Fsp3) is 0.154. The molecular weight excluding hydrogens is 451 g/mol. The van der Waals surface area contributed by atoms with Crippen LogP contribution in [-0.4, -0.2) is 32.3 Å². The minimum Gasteiger partial charge on any atom is -0.481 e. The van der Waals surface area contributed by atoms with Crippen molar-refractivity contribution in [1.82, 2.24) is 20.0 Å². The molecule has 2 heterocycles. The third kappa shape index (κ3) is 5.70. The van der Waals surface area contributed by atoms with Crippen LogP contribution in [0, 0.1) is 12.7 Å². The Morgan fingerprint density at radius 3 is 2.29 bits per heavy atom. The SMILES string of the molecule is Cc1cc(CNC(=O)c2cn3c(C(=O)NCc4ccc(CC(=O)O)cc4)cccc3n2)ccc1F. The highest BCUT2D eigenvalue weighted by Crippen LogP contribution is 2.12. The lowest BCUT2D eigenvalue weighted by molar-refractivity contribution is -0.136. The Morgan fingerprint density at radius 1 is 0.914 bits per heavy atom. The van der Waals surface area contributed by atoms with Crippen molar-refractivity contribution in [2.45, 2.75) is 26.4 Å². The fourth-order valence-electron chi connectivity index (χ4n) is 3.62. The lowest BCUT2D eigenvalue weighted by atomic mass is 10.1. The molecule has 3 N–H and O–H groups in total. The first-order valence-corrected chi connectivity index (χ1v) is 10.9. The van der Waals surface area contributed by atoms with Crippen molar-refractivity contribution in [1.29, 1.82) is 0 Å². The molecule has 8 nitrogen and oxygen atoms in total. The van der Waals surface area contributed by atoms with Crippen LogP contribution in [-0.2, 0) is 24.3 Å². The molecule has 4 aromatic rings. The number of halogens is 1. The molecule has 35 heavy (non-hydrogen) atoms. The minimum absolute atomic E-state index is 0.0608. The van der Waals surface area contributed by atoms with E-state index in [-0.39, 0.29) is 36.9 Å². The average molecular weight is 474 g/mol. The van der Waals surface area contributed by atoms with Crippen molar-refractivity contribution >= 4 is 23.4 Å². The van der Waals surface area contributed by atoms with Gasteiger partial charge in [0.05, 0.1) is 6.42 Å². The van der Waals surface area contributed by atoms with Crippen LogP contribution in [0.1, 0.15) is 43.2 Å². The molecule has 2 amide bonds. The number of imidazole rings is 1. The van der Waals surface area contributed by atoms with Gasteiger partial charge in [-0.15, -0.1) is 0 Å². The van der Waals surface area contributed by atoms with E-state index < -0.39 is 11.9 Å². The zero-order valence-corrected chi connectivity index (χ0v) is 18.9. The highest BCUT2D eigenvalue weighted by atomic mass is 19.1. The molecule has 0 unspecified atom stereocenters. The van der Waals surface area contributed by atoms with Gasteiger partial charge in [0.15, 0.2) is 0 Å². The summed E-state index contributed by atoms with van der Waals surface area (Å²) >= 11 is 0. The van der Waals surface area contributed by atoms with Crippen LogP contribution >= 0.6 is 0 Å². The van der Waals surface area contributed by atoms with Gasteiger partial charge in [0, 0.05) is 19.3 Å². The second kappa shape index (κ2) is 10.2. The van der Waals surface area contributed by atoms with Crippen molar-refractivity contribution in [2.24, 2.45) is 0 Å². The zero-order chi connectivity index (χ0) is 24.9. The van der Waals surface area contributed by atoms with Gasteiger partial charge >= 0.3 is 5.97 Å². The number of hydrogen-bond acceptors (Lipinski definition) is 4. The van der Waals surface area contributed by atoms with Crippen molar-refractivity contribution in [2.75, 3.05) is 0 Å². The number of aromatic nitrogens is 2. The quantitative estimate of drug-likeness (QED) is 0.363. The minimum atomic E-state index is -0.905. The Morgan fingerprint density at radius 2 is 1.57 bits per heavy atom. The predicted molar refractivity (Wildman–Crippen MR) is 126 cm³/mol. The number of nitrogens with one attached hydrogen (secondary N) is 2. The topological polar surface area (TPSA) is 113 Å². The van der Waals surface area contributed by atoms with E-state index in [9.17, 15) is 18.8 Å². The van der Waals surface area contributed by atoms with Crippen LogP contribution in [0.2, 0.25) is 0 Å². The lowest BCUT2D eigenvalue weighted by Crippen LogP contribution is -2.25. The summed E-state index contributed by atoms with van der Waals surface area (Å²) in [6, 6.07) is 16.6. The van der Waals surface area contributed by atoms with E-state index in [1.807, 2.05) is 0 Å². The Balaban J connectivity index is 1.42. The molecule has 0 radical (unpaired) electrons. The highest BCUT2D eigenvalue weighted by molar-refractivity contribution is 5.95. The third-order valence-electron chi connectivity index (χ3n) is 5.46. The van der Waals surface area contributed by atoms with E-state index in [0.29, 0.717) is 22.5 Å². The van der Waals surface area contributed by atoms with E-state index >= 15 is 0 Å². The maximum Gasteiger partial charge on any atom is 0.307 e. The summed E-state index contributed by atoms with van der Waals surface area (Å²) in [5, 5.41) is 14.4. The number of pyridine rings is 1. The number of aryl methyl sites for hydroxylation is 1. The van der Waals surface area contributed by atoms with Crippen LogP contribution in [0.25, 0.3) is 5.65 Å². The second-order valence-corrected chi connectivity index (χ2v) is 8.10. The number of benzene rings is 2. The molecule has 0 aliphatic carbocycles. The van der Waals surface area contributed by atoms with Gasteiger partial charge in [-0.25, -0.2) is 9.37 Å². The fourth-order valence-corrected chi connectivity index (χ4v) is 3.62. The number of aliphatic carboxylic acids is 1. The zero-order valence-electron chi connectivity index (χ0n) is 18.9. The molecular formula is C26H23FN4O4. The van der Waals surface area contributed by atoms with E-state index in [4.69, 9.17) is 5.11 Å². The summed E-state index contributed by atoms with van der Waals surface area (Å²) in [7, 11) is 0. The maximum atomic E-state index is 13.4. The molecule has 0 fully saturated rings. The van der Waals surface area contributed by atoms with Crippen molar-refractivity contribution in [3.8, 4) is 0 Å². The van der Waals surface area contributed by atoms with Gasteiger partial charge in [-0.3, -0.25) is 18.8 Å². The summed E-state index contributed by atoms with van der Waals surface area (Å²) in [5.74, 6) is -1.97. The molecule has 2 aromatic heterocycles. The Bertz CT molecular complexity index is 1410. The monoisotopic (exact) mass is 474 g/mol. The smallest absolute Gasteiger partial charge is 0.307 e. The van der Waals surface area contributed by atoms with Crippen molar-refractivity contribution < 1.29 is 23.9 Å². The summed E-state index contributed by atoms with van der Waals surface area (Å²) in [5.41, 5.74) is 3.66. The van der Waals surface area contributed by atoms with E-state index in [1.165, 1.54) is 12.3 Å². The second-order valence-electron chi connectivity index (χ2n) is 8.10. The molecule has 0 atom stereocenters. The van der Waals surface area contributed by atoms with E-state index in [1.54, 1.807) is 65.9 Å². The number of amides is 2. The normalized spacial score (nSPS) is 10.8. The lowest BCUT2D eigenvalue weighted by Gasteiger charge is -2.08. The molecule has 9 heteroatoms. The van der Waals surface area contributed by atoms with Gasteiger partial charge in [-0.05, 0) is 47.4 Å². The summed E-state index contributed by atoms with van der Waals surface area (Å²) in [6.07, 6.45) is 1.44. The van der Waals surface area contributed by atoms with Gasteiger partial charge in [0.1, 0.15) is 22.9 Å². The van der Waals surface area contributed by atoms with Gasteiger partial charge < -0.3 is 15.7 Å². The van der Waals surface area contributed by atoms with Gasteiger partial charge in [0.25, 0.3) is 11.8 Å². The molecule has 4 rings (SSSR count). The Kier molecular flexibility index (Phi) is 6.86. The Labute approximate surface area is 200 Å². The van der Waals surface area contributed by atoms with Crippen LogP contribution < -0.4 is 10.6 Å². The van der Waals surface area contributed by atoms with Crippen LogP contribution in [0.4, 0.5) is 4.39 Å². The molecule has 0 bridgehead atoms. The summed E-state index contributed by atoms with van der Waals surface area (Å²) in [4.78, 5) is 40.6. The standard InChI is InChI=1S/C26H23FN4O4/c1-16-11-19(9-10-20(16)27)14-28-25(34)21-15-31-22(3-2-4-23(31)30-21)26(35)29-13-18-7-5-17(6-8-18)12-24(32)33/h2-11,15H,12-14H2,1H3,(H,28,34)(H,29,35)(H,32,33). The number of nitrogens with zero attached hydrogens (tertiary/aromatic N) is 2. The van der Waals surface area contributed by atoms with Gasteiger partial charge in [-0.2, -0.15) is 0 Å². The highest BCUT2D eigenvalue weighted by Gasteiger charge is 2.16. The molecule has 2 aromatic carbocycles. The third-order valence-corrected chi connectivity index (χ3v) is 5.46. The number of carbonyl (C=O) groups is 3. The molecule has 0 saturated heterocycles. The number of hydrogen-bond donors (Lipinski definition) is 3. The first-order valence-electron chi connectivity index (χ1n) is 10.9. The number of carboxylic acid groups (broad SMARTS) is 1. The maximum absolute atomic E-state index is 13.4. The summed E-state index contributed by atoms with van der Waals surface area (Å²) in [6.45, 7) is 2.12. The number of carbonyl (C=O) groups excluding carboxylic acids is 2. The molecule has 0 aliphatic heterocycles. The van der Waals surface area contributed by atoms with Crippen molar-refractivity contribution in [3.05, 3.63) is 106 Å². The molecule has 0 spiro atoms. The number of rotatable bonds is 8. The van der Waals surface area contributed by atoms with E-state index in [2.05, 4.69) is 15.6 Å². The summed E-state index contributed by atoms with van der Waals surface area (Å²) < 4.78 is 15.0. The average Bonchev–Trinajstić information content (AvgIpc) is 3.28. The number of carboxylic acids is 1. The molecule has 178 valence electrons. The Hall–Kier alpha value is -4.53. The first kappa shape index (κ1) is 23.6. The molecule has 0 aliphatic rings. The number of fused-ring (bicyclic) bond motifs is 1. The van der Waals surface area contributed by atoms with Gasteiger partial charge in [0.2, 0.25) is 0 Å². The van der Waals surface area contributed by atoms with Crippen LogP contribution in [0.3, 0.4) is 0 Å². The molecule has 0 saturated carbocycles. The van der Waals surface area contributed by atoms with Crippen LogP contribution in [0.15, 0.2) is 66.9 Å². The van der Waals surface area contributed by atoms with Crippen LogP contribution in [0.5, 0.6) is 0 Å². The van der Waals surface area contributed by atoms with Gasteiger partial charge in [-0.1, -0.05) is 42.5 Å².